The van der Waals surface area contributed by atoms with Crippen LogP contribution in [0.5, 0.6) is 0 Å². The van der Waals surface area contributed by atoms with Crippen LogP contribution in [0.3, 0.4) is 0 Å². The minimum absolute atomic E-state index is 0.00726. The predicted molar refractivity (Wildman–Crippen MR) is 113 cm³/mol. The minimum Gasteiger partial charge on any atom is -0.319 e. The van der Waals surface area contributed by atoms with Gasteiger partial charge >= 0.3 is 5.69 Å². The number of nitrogens with zero attached hydrogens (tertiary/aromatic N) is 1. The number of thiophene rings is 1. The molecule has 11 heteroatoms. The number of amides is 1. The quantitative estimate of drug-likeness (QED) is 0.363. The summed E-state index contributed by atoms with van der Waals surface area (Å²) < 4.78 is 0. The van der Waals surface area contributed by atoms with Crippen LogP contribution < -0.4 is 22.1 Å². The van der Waals surface area contributed by atoms with Gasteiger partial charge in [-0.2, -0.15) is 0 Å². The summed E-state index contributed by atoms with van der Waals surface area (Å²) in [6.45, 7) is 3.73. The molecule has 0 aromatic carbocycles. The number of carbonyl (C=O) groups excluding carboxylic acids is 1. The molecule has 0 radical (unpaired) electrons. The Labute approximate surface area is 172 Å². The number of thioether (sulfide) groups is 1. The highest BCUT2D eigenvalue weighted by Crippen LogP contribution is 2.36. The monoisotopic (exact) mass is 433 g/mol. The maximum absolute atomic E-state index is 12.6. The zero-order chi connectivity index (χ0) is 20.7. The Morgan fingerprint density at radius 2 is 2.03 bits per heavy atom. The van der Waals surface area contributed by atoms with Gasteiger partial charge in [0.25, 0.3) is 11.1 Å². The fourth-order valence-corrected chi connectivity index (χ4v) is 5.56. The van der Waals surface area contributed by atoms with Crippen LogP contribution in [0.2, 0.25) is 0 Å². The number of anilines is 1. The molecule has 0 aliphatic heterocycles. The molecule has 0 spiro atoms. The Kier molecular flexibility index (Phi) is 5.17. The number of nitrogens with one attached hydrogen (secondary N) is 4. The van der Waals surface area contributed by atoms with Crippen LogP contribution in [0, 0.1) is 12.8 Å². The van der Waals surface area contributed by atoms with E-state index in [1.165, 1.54) is 11.8 Å². The van der Waals surface area contributed by atoms with Gasteiger partial charge in [-0.15, -0.1) is 11.3 Å². The average molecular weight is 434 g/mol. The lowest BCUT2D eigenvalue weighted by atomic mass is 9.89. The molecule has 1 atom stereocenters. The van der Waals surface area contributed by atoms with Gasteiger partial charge in [0, 0.05) is 10.6 Å². The lowest BCUT2D eigenvalue weighted by Crippen LogP contribution is -2.29. The van der Waals surface area contributed by atoms with Crippen LogP contribution >= 0.6 is 23.1 Å². The van der Waals surface area contributed by atoms with Crippen LogP contribution in [-0.2, 0) is 17.6 Å². The van der Waals surface area contributed by atoms with Gasteiger partial charge in [0.05, 0.1) is 11.1 Å². The maximum atomic E-state index is 12.6. The van der Waals surface area contributed by atoms with E-state index in [9.17, 15) is 19.2 Å². The Morgan fingerprint density at radius 1 is 1.24 bits per heavy atom. The fraction of sp³-hybridized carbons (Fsp3) is 0.389. The van der Waals surface area contributed by atoms with E-state index >= 15 is 0 Å². The molecule has 3 heterocycles. The summed E-state index contributed by atoms with van der Waals surface area (Å²) in [5, 5.41) is 3.51. The molecular weight excluding hydrogens is 414 g/mol. The Morgan fingerprint density at radius 3 is 2.79 bits per heavy atom. The minimum atomic E-state index is -0.670. The molecule has 9 nitrogen and oxygen atoms in total. The Balaban J connectivity index is 1.52. The third kappa shape index (κ3) is 3.92. The van der Waals surface area contributed by atoms with Crippen LogP contribution in [0.25, 0.3) is 10.2 Å². The van der Waals surface area contributed by atoms with Gasteiger partial charge in [0.2, 0.25) is 5.91 Å². The highest BCUT2D eigenvalue weighted by atomic mass is 32.2. The molecule has 0 bridgehead atoms. The van der Waals surface area contributed by atoms with Crippen molar-refractivity contribution in [3.05, 3.63) is 47.3 Å². The Bertz CT molecular complexity index is 1290. The number of rotatable bonds is 4. The number of aromatic amines is 3. The first-order valence-corrected chi connectivity index (χ1v) is 10.9. The topological polar surface area (TPSA) is 141 Å². The van der Waals surface area contributed by atoms with Gasteiger partial charge in [-0.1, -0.05) is 18.7 Å². The van der Waals surface area contributed by atoms with Gasteiger partial charge < -0.3 is 15.3 Å². The third-order valence-electron chi connectivity index (χ3n) is 4.88. The van der Waals surface area contributed by atoms with E-state index < -0.39 is 17.2 Å². The molecule has 3 aromatic heterocycles. The number of hydrogen-bond acceptors (Lipinski definition) is 7. The van der Waals surface area contributed by atoms with E-state index in [-0.39, 0.29) is 22.7 Å². The molecule has 1 aliphatic carbocycles. The van der Waals surface area contributed by atoms with E-state index in [1.807, 2.05) is 0 Å². The summed E-state index contributed by atoms with van der Waals surface area (Å²) in [6.07, 6.45) is 2.93. The van der Waals surface area contributed by atoms with E-state index in [0.29, 0.717) is 21.3 Å². The van der Waals surface area contributed by atoms with E-state index in [2.05, 4.69) is 32.2 Å². The SMILES string of the molecule is Cc1[nH]c(=O)[nH]c(=O)c1NC(=O)CSc1nc2sc3c(c2c(=O)[nH]1)CC[C@H](C)C3. The molecule has 0 fully saturated rings. The van der Waals surface area contributed by atoms with Crippen molar-refractivity contribution >= 4 is 44.9 Å². The fourth-order valence-electron chi connectivity index (χ4n) is 3.46. The highest BCUT2D eigenvalue weighted by molar-refractivity contribution is 7.99. The lowest BCUT2D eigenvalue weighted by molar-refractivity contribution is -0.113. The number of hydrogen-bond donors (Lipinski definition) is 4. The summed E-state index contributed by atoms with van der Waals surface area (Å²) in [7, 11) is 0. The predicted octanol–water partition coefficient (Wildman–Crippen LogP) is 1.53. The van der Waals surface area contributed by atoms with Crippen molar-refractivity contribution in [1.82, 2.24) is 19.9 Å². The summed E-state index contributed by atoms with van der Waals surface area (Å²) in [6, 6.07) is 0. The highest BCUT2D eigenvalue weighted by Gasteiger charge is 2.23. The van der Waals surface area contributed by atoms with Gasteiger partial charge in [0.1, 0.15) is 10.5 Å². The van der Waals surface area contributed by atoms with Crippen LogP contribution in [0.1, 0.15) is 29.5 Å². The second-order valence-corrected chi connectivity index (χ2v) is 9.20. The molecule has 4 rings (SSSR count). The summed E-state index contributed by atoms with van der Waals surface area (Å²) >= 11 is 2.63. The molecule has 1 aliphatic rings. The number of carbonyl (C=O) groups is 1. The van der Waals surface area contributed by atoms with Crippen molar-refractivity contribution in [2.24, 2.45) is 5.92 Å². The summed E-state index contributed by atoms with van der Waals surface area (Å²) in [5.41, 5.74) is -0.119. The van der Waals surface area contributed by atoms with Gasteiger partial charge in [0.15, 0.2) is 5.16 Å². The molecule has 0 saturated carbocycles. The van der Waals surface area contributed by atoms with E-state index in [0.717, 1.165) is 36.6 Å². The van der Waals surface area contributed by atoms with Crippen molar-refractivity contribution in [3.8, 4) is 0 Å². The number of fused-ring (bicyclic) bond motifs is 3. The van der Waals surface area contributed by atoms with Crippen LogP contribution in [0.4, 0.5) is 5.69 Å². The second-order valence-electron chi connectivity index (χ2n) is 7.15. The van der Waals surface area contributed by atoms with Crippen molar-refractivity contribution in [1.29, 1.82) is 0 Å². The van der Waals surface area contributed by atoms with Gasteiger partial charge in [-0.3, -0.25) is 19.4 Å². The van der Waals surface area contributed by atoms with Gasteiger partial charge in [-0.05, 0) is 37.7 Å². The van der Waals surface area contributed by atoms with Crippen molar-refractivity contribution < 1.29 is 4.79 Å². The summed E-state index contributed by atoms with van der Waals surface area (Å²) in [5.74, 6) is 0.110. The molecule has 4 N–H and O–H groups in total. The van der Waals surface area contributed by atoms with Crippen LogP contribution in [-0.4, -0.2) is 31.6 Å². The lowest BCUT2D eigenvalue weighted by Gasteiger charge is -2.17. The molecular formula is C18H19N5O4S2. The maximum Gasteiger partial charge on any atom is 0.326 e. The average Bonchev–Trinajstić information content (AvgIpc) is 3.00. The normalized spacial score (nSPS) is 16.0. The molecule has 3 aromatic rings. The molecule has 0 unspecified atom stereocenters. The number of aryl methyl sites for hydroxylation is 2. The van der Waals surface area contributed by atoms with Crippen molar-refractivity contribution in [2.45, 2.75) is 38.3 Å². The standard InChI is InChI=1S/C18H19N5O4S2/c1-7-3-4-9-10(5-7)29-16-12(9)14(25)22-18(23-16)28-6-11(24)20-13-8(2)19-17(27)21-15(13)26/h7H,3-6H2,1-2H3,(H,20,24)(H,22,23,25)(H2,19,21,26,27)/t7-/m0/s1. The number of aromatic nitrogens is 4. The van der Waals surface area contributed by atoms with E-state index in [1.54, 1.807) is 11.3 Å². The molecule has 1 amide bonds. The second kappa shape index (κ2) is 7.64. The van der Waals surface area contributed by atoms with E-state index in [4.69, 9.17) is 0 Å². The summed E-state index contributed by atoms with van der Waals surface area (Å²) in [4.78, 5) is 61.6. The first kappa shape index (κ1) is 19.6. The molecule has 152 valence electrons. The third-order valence-corrected chi connectivity index (χ3v) is 6.90. The van der Waals surface area contributed by atoms with Gasteiger partial charge in [-0.25, -0.2) is 9.78 Å². The zero-order valence-electron chi connectivity index (χ0n) is 15.8. The van der Waals surface area contributed by atoms with Crippen molar-refractivity contribution in [3.63, 3.8) is 0 Å². The van der Waals surface area contributed by atoms with Crippen molar-refractivity contribution in [2.75, 3.05) is 11.1 Å². The molecule has 29 heavy (non-hydrogen) atoms. The number of H-pyrrole nitrogens is 3. The smallest absolute Gasteiger partial charge is 0.319 e. The zero-order valence-corrected chi connectivity index (χ0v) is 17.4. The first-order chi connectivity index (χ1) is 13.8. The first-order valence-electron chi connectivity index (χ1n) is 9.12. The largest absolute Gasteiger partial charge is 0.326 e. The Hall–Kier alpha value is -2.66. The van der Waals surface area contributed by atoms with Crippen LogP contribution in [0.15, 0.2) is 19.5 Å². The molecule has 0 saturated heterocycles.